The zero-order valence-corrected chi connectivity index (χ0v) is 11.1. The normalized spacial score (nSPS) is 12.3. The first-order valence-corrected chi connectivity index (χ1v) is 6.57. The van der Waals surface area contributed by atoms with Gasteiger partial charge in [-0.3, -0.25) is 9.59 Å². The minimum Gasteiger partial charge on any atom is -0.481 e. The number of carboxylic acid groups (broad SMARTS) is 2. The van der Waals surface area contributed by atoms with Gasteiger partial charge in [-0.25, -0.2) is 0 Å². The molecule has 1 atom stereocenters. The van der Waals surface area contributed by atoms with Gasteiger partial charge in [0.2, 0.25) is 0 Å². The van der Waals surface area contributed by atoms with Gasteiger partial charge in [-0.15, -0.1) is 0 Å². The van der Waals surface area contributed by atoms with Gasteiger partial charge < -0.3 is 26.0 Å². The second kappa shape index (κ2) is 11.9. The Hall–Kier alpha value is -1.18. The van der Waals surface area contributed by atoms with Crippen LogP contribution in [0.1, 0.15) is 32.1 Å². The van der Waals surface area contributed by atoms with E-state index in [1.807, 2.05) is 0 Å². The molecular weight excluding hydrogens is 252 g/mol. The Morgan fingerprint density at radius 2 is 1.58 bits per heavy atom. The number of unbranched alkanes of at least 4 members (excludes halogenated alkanes) is 3. The molecular formula is C12H24N2O5. The third-order valence-corrected chi connectivity index (χ3v) is 2.64. The number of carboxylic acids is 2. The molecule has 0 fully saturated rings. The van der Waals surface area contributed by atoms with Crippen LogP contribution in [0.4, 0.5) is 0 Å². The molecule has 0 aromatic heterocycles. The summed E-state index contributed by atoms with van der Waals surface area (Å²) in [5.74, 6) is -2.24. The van der Waals surface area contributed by atoms with Crippen molar-refractivity contribution in [3.05, 3.63) is 0 Å². The van der Waals surface area contributed by atoms with E-state index in [0.717, 1.165) is 32.2 Å². The smallest absolute Gasteiger partial charge is 0.321 e. The van der Waals surface area contributed by atoms with Gasteiger partial charge in [-0.05, 0) is 25.9 Å². The summed E-state index contributed by atoms with van der Waals surface area (Å²) < 4.78 is 0. The Kier molecular flexibility index (Phi) is 11.1. The SMILES string of the molecule is O=C(O)CC(NCCCCCCNCCO)C(=O)O. The first kappa shape index (κ1) is 17.8. The van der Waals surface area contributed by atoms with Gasteiger partial charge in [0.15, 0.2) is 0 Å². The quantitative estimate of drug-likeness (QED) is 0.292. The molecule has 0 radical (unpaired) electrons. The maximum atomic E-state index is 10.7. The maximum absolute atomic E-state index is 10.7. The van der Waals surface area contributed by atoms with Crippen molar-refractivity contribution in [2.24, 2.45) is 0 Å². The highest BCUT2D eigenvalue weighted by Gasteiger charge is 2.19. The maximum Gasteiger partial charge on any atom is 0.321 e. The first-order chi connectivity index (χ1) is 9.07. The third kappa shape index (κ3) is 11.6. The molecule has 0 saturated carbocycles. The molecule has 19 heavy (non-hydrogen) atoms. The number of aliphatic hydroxyl groups is 1. The van der Waals surface area contributed by atoms with E-state index in [4.69, 9.17) is 15.3 Å². The summed E-state index contributed by atoms with van der Waals surface area (Å²) in [6, 6.07) is -1.01. The van der Waals surface area contributed by atoms with E-state index < -0.39 is 24.4 Å². The van der Waals surface area contributed by atoms with Gasteiger partial charge in [0.1, 0.15) is 6.04 Å². The fraction of sp³-hybridized carbons (Fsp3) is 0.833. The Balaban J connectivity index is 3.45. The van der Waals surface area contributed by atoms with E-state index in [-0.39, 0.29) is 6.61 Å². The molecule has 0 saturated heterocycles. The van der Waals surface area contributed by atoms with E-state index in [2.05, 4.69) is 10.6 Å². The van der Waals surface area contributed by atoms with Crippen molar-refractivity contribution in [1.82, 2.24) is 10.6 Å². The lowest BCUT2D eigenvalue weighted by Crippen LogP contribution is -2.39. The number of aliphatic hydroxyl groups excluding tert-OH is 1. The van der Waals surface area contributed by atoms with Crippen LogP contribution in [-0.4, -0.2) is 59.5 Å². The predicted molar refractivity (Wildman–Crippen MR) is 70.1 cm³/mol. The molecule has 0 spiro atoms. The highest BCUT2D eigenvalue weighted by molar-refractivity contribution is 5.80. The lowest BCUT2D eigenvalue weighted by atomic mass is 10.1. The largest absolute Gasteiger partial charge is 0.481 e. The fourth-order valence-electron chi connectivity index (χ4n) is 1.63. The van der Waals surface area contributed by atoms with Gasteiger partial charge in [0.05, 0.1) is 13.0 Å². The van der Waals surface area contributed by atoms with Crippen LogP contribution in [-0.2, 0) is 9.59 Å². The molecule has 5 N–H and O–H groups in total. The van der Waals surface area contributed by atoms with Crippen molar-refractivity contribution >= 4 is 11.9 Å². The van der Waals surface area contributed by atoms with Crippen molar-refractivity contribution < 1.29 is 24.9 Å². The molecule has 0 heterocycles. The van der Waals surface area contributed by atoms with Gasteiger partial charge in [-0.2, -0.15) is 0 Å². The fourth-order valence-corrected chi connectivity index (χ4v) is 1.63. The van der Waals surface area contributed by atoms with Crippen molar-refractivity contribution in [2.45, 2.75) is 38.1 Å². The number of hydrogen-bond acceptors (Lipinski definition) is 5. The van der Waals surface area contributed by atoms with Gasteiger partial charge in [-0.1, -0.05) is 12.8 Å². The predicted octanol–water partition coefficient (Wildman–Crippen LogP) is -0.354. The summed E-state index contributed by atoms with van der Waals surface area (Å²) >= 11 is 0. The average Bonchev–Trinajstić information content (AvgIpc) is 2.34. The van der Waals surface area contributed by atoms with E-state index in [0.29, 0.717) is 13.1 Å². The van der Waals surface area contributed by atoms with Crippen LogP contribution in [0.2, 0.25) is 0 Å². The zero-order chi connectivity index (χ0) is 14.5. The minimum atomic E-state index is -1.13. The number of aliphatic carboxylic acids is 2. The molecule has 0 aliphatic heterocycles. The standard InChI is InChI=1S/C12H24N2O5/c15-8-7-13-5-3-1-2-4-6-14-10(12(18)19)9-11(16)17/h10,13-15H,1-9H2,(H,16,17)(H,18,19). The highest BCUT2D eigenvalue weighted by Crippen LogP contribution is 1.99. The van der Waals surface area contributed by atoms with Gasteiger partial charge in [0.25, 0.3) is 0 Å². The Morgan fingerprint density at radius 3 is 2.11 bits per heavy atom. The molecule has 0 amide bonds. The van der Waals surface area contributed by atoms with Crippen molar-refractivity contribution in [3.8, 4) is 0 Å². The molecule has 0 rings (SSSR count). The van der Waals surface area contributed by atoms with Crippen LogP contribution in [0.3, 0.4) is 0 Å². The van der Waals surface area contributed by atoms with Gasteiger partial charge in [0, 0.05) is 6.54 Å². The molecule has 1 unspecified atom stereocenters. The second-order valence-corrected chi connectivity index (χ2v) is 4.33. The lowest BCUT2D eigenvalue weighted by molar-refractivity contribution is -0.145. The Bertz CT molecular complexity index is 261. The summed E-state index contributed by atoms with van der Waals surface area (Å²) in [4.78, 5) is 21.2. The second-order valence-electron chi connectivity index (χ2n) is 4.33. The molecule has 0 aliphatic rings. The van der Waals surface area contributed by atoms with Crippen molar-refractivity contribution in [2.75, 3.05) is 26.2 Å². The molecule has 112 valence electrons. The van der Waals surface area contributed by atoms with Crippen molar-refractivity contribution in [3.63, 3.8) is 0 Å². The molecule has 7 heteroatoms. The summed E-state index contributed by atoms with van der Waals surface area (Å²) in [5, 5.41) is 31.7. The van der Waals surface area contributed by atoms with Crippen LogP contribution in [0.5, 0.6) is 0 Å². The molecule has 0 bridgehead atoms. The number of nitrogens with one attached hydrogen (secondary N) is 2. The van der Waals surface area contributed by atoms with Crippen molar-refractivity contribution in [1.29, 1.82) is 0 Å². The van der Waals surface area contributed by atoms with Crippen LogP contribution < -0.4 is 10.6 Å². The summed E-state index contributed by atoms with van der Waals surface area (Å²) in [6.45, 7) is 2.13. The Labute approximate surface area is 113 Å². The number of hydrogen-bond donors (Lipinski definition) is 5. The molecule has 0 aromatic carbocycles. The number of carbonyl (C=O) groups is 2. The topological polar surface area (TPSA) is 119 Å². The molecule has 0 aliphatic carbocycles. The molecule has 7 nitrogen and oxygen atoms in total. The average molecular weight is 276 g/mol. The van der Waals surface area contributed by atoms with Gasteiger partial charge >= 0.3 is 11.9 Å². The van der Waals surface area contributed by atoms with E-state index in [1.165, 1.54) is 0 Å². The summed E-state index contributed by atoms with van der Waals surface area (Å²) in [6.07, 6.45) is 3.42. The number of rotatable bonds is 13. The zero-order valence-electron chi connectivity index (χ0n) is 11.1. The minimum absolute atomic E-state index is 0.143. The van der Waals surface area contributed by atoms with E-state index in [1.54, 1.807) is 0 Å². The first-order valence-electron chi connectivity index (χ1n) is 6.57. The van der Waals surface area contributed by atoms with E-state index in [9.17, 15) is 9.59 Å². The van der Waals surface area contributed by atoms with Crippen LogP contribution >= 0.6 is 0 Å². The third-order valence-electron chi connectivity index (χ3n) is 2.64. The molecule has 0 aromatic rings. The van der Waals surface area contributed by atoms with Crippen LogP contribution in [0.25, 0.3) is 0 Å². The lowest BCUT2D eigenvalue weighted by Gasteiger charge is -2.11. The monoisotopic (exact) mass is 276 g/mol. The van der Waals surface area contributed by atoms with E-state index >= 15 is 0 Å². The summed E-state index contributed by atoms with van der Waals surface area (Å²) in [7, 11) is 0. The summed E-state index contributed by atoms with van der Waals surface area (Å²) in [5.41, 5.74) is 0. The Morgan fingerprint density at radius 1 is 0.947 bits per heavy atom. The van der Waals surface area contributed by atoms with Crippen LogP contribution in [0, 0.1) is 0 Å². The van der Waals surface area contributed by atoms with Crippen LogP contribution in [0.15, 0.2) is 0 Å². The highest BCUT2D eigenvalue weighted by atomic mass is 16.4.